The van der Waals surface area contributed by atoms with Gasteiger partial charge in [0.05, 0.1) is 6.04 Å². The molecule has 3 N–H and O–H groups in total. The summed E-state index contributed by atoms with van der Waals surface area (Å²) in [5.41, 5.74) is 7.13. The summed E-state index contributed by atoms with van der Waals surface area (Å²) in [6.07, 6.45) is 0.783. The quantitative estimate of drug-likeness (QED) is 0.465. The van der Waals surface area contributed by atoms with Crippen molar-refractivity contribution in [3.05, 3.63) is 35.4 Å². The number of primary amides is 1. The van der Waals surface area contributed by atoms with Gasteiger partial charge >= 0.3 is 6.03 Å². The molecule has 5 heteroatoms. The molecule has 0 bridgehead atoms. The van der Waals surface area contributed by atoms with E-state index in [1.165, 1.54) is 0 Å². The van der Waals surface area contributed by atoms with E-state index >= 15 is 0 Å². The molecule has 0 aromatic heterocycles. The molecule has 2 unspecified atom stereocenters. The van der Waals surface area contributed by atoms with Gasteiger partial charge in [-0.3, -0.25) is 5.21 Å². The second-order valence-electron chi connectivity index (χ2n) is 3.55. The van der Waals surface area contributed by atoms with Crippen molar-refractivity contribution >= 4 is 22.0 Å². The molecule has 0 radical (unpaired) electrons. The number of halogens is 1. The SMILES string of the molecule is NC(=O)N(O)C1c2ccccc2CC1Br. The molecule has 1 aliphatic rings. The number of amides is 2. The van der Waals surface area contributed by atoms with Gasteiger partial charge in [0.1, 0.15) is 0 Å². The van der Waals surface area contributed by atoms with Gasteiger partial charge < -0.3 is 5.73 Å². The average Bonchev–Trinajstić information content (AvgIpc) is 2.52. The first kappa shape index (κ1) is 10.4. The van der Waals surface area contributed by atoms with Crippen LogP contribution in [0.1, 0.15) is 17.2 Å². The summed E-state index contributed by atoms with van der Waals surface area (Å²) in [4.78, 5) is 10.9. The van der Waals surface area contributed by atoms with Crippen LogP contribution in [0.15, 0.2) is 24.3 Å². The Kier molecular flexibility index (Phi) is 2.67. The molecule has 15 heavy (non-hydrogen) atoms. The van der Waals surface area contributed by atoms with Gasteiger partial charge in [-0.15, -0.1) is 0 Å². The van der Waals surface area contributed by atoms with E-state index in [0.29, 0.717) is 5.06 Å². The number of hydroxylamine groups is 2. The topological polar surface area (TPSA) is 66.6 Å². The van der Waals surface area contributed by atoms with Crippen molar-refractivity contribution in [2.24, 2.45) is 5.73 Å². The van der Waals surface area contributed by atoms with Gasteiger partial charge in [-0.2, -0.15) is 5.06 Å². The molecule has 1 aromatic carbocycles. The summed E-state index contributed by atoms with van der Waals surface area (Å²) in [5.74, 6) is 0. The smallest absolute Gasteiger partial charge is 0.339 e. The van der Waals surface area contributed by atoms with E-state index < -0.39 is 12.1 Å². The molecular weight excluding hydrogens is 260 g/mol. The predicted octanol–water partition coefficient (Wildman–Crippen LogP) is 1.82. The molecule has 2 amide bonds. The van der Waals surface area contributed by atoms with E-state index in [4.69, 9.17) is 5.73 Å². The number of hydrogen-bond acceptors (Lipinski definition) is 2. The molecule has 2 rings (SSSR count). The Morgan fingerprint density at radius 2 is 2.20 bits per heavy atom. The second kappa shape index (κ2) is 3.83. The van der Waals surface area contributed by atoms with Crippen LogP contribution in [-0.2, 0) is 6.42 Å². The Hall–Kier alpha value is -1.07. The molecular formula is C10H11BrN2O2. The first-order valence-corrected chi connectivity index (χ1v) is 5.52. The van der Waals surface area contributed by atoms with Crippen LogP contribution in [0, 0.1) is 0 Å². The molecule has 80 valence electrons. The van der Waals surface area contributed by atoms with Crippen molar-refractivity contribution in [2.45, 2.75) is 17.3 Å². The summed E-state index contributed by atoms with van der Waals surface area (Å²) in [6.45, 7) is 0. The maximum absolute atomic E-state index is 10.9. The largest absolute Gasteiger partial charge is 0.350 e. The van der Waals surface area contributed by atoms with Gasteiger partial charge in [0, 0.05) is 4.83 Å². The van der Waals surface area contributed by atoms with Crippen LogP contribution in [0.3, 0.4) is 0 Å². The zero-order valence-electron chi connectivity index (χ0n) is 7.93. The molecule has 0 saturated heterocycles. The van der Waals surface area contributed by atoms with Gasteiger partial charge in [-0.1, -0.05) is 40.2 Å². The summed E-state index contributed by atoms with van der Waals surface area (Å²) < 4.78 is 0. The maximum Gasteiger partial charge on any atom is 0.339 e. The number of carbonyl (C=O) groups excluding carboxylic acids is 1. The Morgan fingerprint density at radius 3 is 2.87 bits per heavy atom. The third-order valence-corrected chi connectivity index (χ3v) is 3.45. The Balaban J connectivity index is 2.37. The van der Waals surface area contributed by atoms with Crippen molar-refractivity contribution in [3.63, 3.8) is 0 Å². The monoisotopic (exact) mass is 270 g/mol. The van der Waals surface area contributed by atoms with Crippen molar-refractivity contribution in [3.8, 4) is 0 Å². The van der Waals surface area contributed by atoms with E-state index in [1.807, 2.05) is 24.3 Å². The lowest BCUT2D eigenvalue weighted by Crippen LogP contribution is -2.38. The molecule has 0 spiro atoms. The lowest BCUT2D eigenvalue weighted by atomic mass is 10.1. The van der Waals surface area contributed by atoms with Crippen molar-refractivity contribution in [1.29, 1.82) is 0 Å². The number of nitrogens with two attached hydrogens (primary N) is 1. The first-order valence-electron chi connectivity index (χ1n) is 4.60. The highest BCUT2D eigenvalue weighted by Gasteiger charge is 2.36. The number of rotatable bonds is 1. The number of benzene rings is 1. The minimum Gasteiger partial charge on any atom is -0.350 e. The third-order valence-electron chi connectivity index (χ3n) is 2.62. The van der Waals surface area contributed by atoms with Crippen LogP contribution in [0.2, 0.25) is 0 Å². The summed E-state index contributed by atoms with van der Waals surface area (Å²) >= 11 is 3.44. The standard InChI is InChI=1S/C10H11BrN2O2/c11-8-5-6-3-1-2-4-7(6)9(8)13(15)10(12)14/h1-4,8-9,15H,5H2,(H2,12,14). The molecule has 1 aliphatic carbocycles. The van der Waals surface area contributed by atoms with Crippen LogP contribution in [-0.4, -0.2) is 21.1 Å². The van der Waals surface area contributed by atoms with Gasteiger partial charge in [0.25, 0.3) is 0 Å². The number of fused-ring (bicyclic) bond motifs is 1. The van der Waals surface area contributed by atoms with Crippen LogP contribution in [0.5, 0.6) is 0 Å². The molecule has 0 aliphatic heterocycles. The molecule has 4 nitrogen and oxygen atoms in total. The third kappa shape index (κ3) is 1.72. The normalized spacial score (nSPS) is 23.6. The molecule has 2 atom stereocenters. The van der Waals surface area contributed by atoms with E-state index in [2.05, 4.69) is 15.9 Å². The van der Waals surface area contributed by atoms with Crippen molar-refractivity contribution in [1.82, 2.24) is 5.06 Å². The van der Waals surface area contributed by atoms with Gasteiger partial charge in [0.15, 0.2) is 0 Å². The Labute approximate surface area is 95.8 Å². The number of carbonyl (C=O) groups is 1. The van der Waals surface area contributed by atoms with Crippen LogP contribution in [0.25, 0.3) is 0 Å². The van der Waals surface area contributed by atoms with Gasteiger partial charge in [-0.25, -0.2) is 4.79 Å². The molecule has 1 aromatic rings. The fourth-order valence-corrected chi connectivity index (χ4v) is 2.80. The number of alkyl halides is 1. The van der Waals surface area contributed by atoms with E-state index in [1.54, 1.807) is 0 Å². The predicted molar refractivity (Wildman–Crippen MR) is 58.8 cm³/mol. The van der Waals surface area contributed by atoms with Crippen LogP contribution < -0.4 is 5.73 Å². The van der Waals surface area contributed by atoms with Crippen molar-refractivity contribution < 1.29 is 10.0 Å². The molecule has 0 saturated carbocycles. The number of nitrogens with zero attached hydrogens (tertiary/aromatic N) is 1. The fraction of sp³-hybridized carbons (Fsp3) is 0.300. The van der Waals surface area contributed by atoms with E-state index in [-0.39, 0.29) is 4.83 Å². The fourth-order valence-electron chi connectivity index (χ4n) is 1.95. The highest BCUT2D eigenvalue weighted by molar-refractivity contribution is 9.09. The summed E-state index contributed by atoms with van der Waals surface area (Å²) in [5, 5.41) is 10.2. The van der Waals surface area contributed by atoms with Crippen molar-refractivity contribution in [2.75, 3.05) is 0 Å². The summed E-state index contributed by atoms with van der Waals surface area (Å²) in [7, 11) is 0. The molecule has 0 fully saturated rings. The zero-order chi connectivity index (χ0) is 11.0. The van der Waals surface area contributed by atoms with Crippen LogP contribution >= 0.6 is 15.9 Å². The number of urea groups is 1. The van der Waals surface area contributed by atoms with Gasteiger partial charge in [-0.05, 0) is 17.5 Å². The highest BCUT2D eigenvalue weighted by atomic mass is 79.9. The second-order valence-corrected chi connectivity index (χ2v) is 4.72. The minimum atomic E-state index is -0.832. The first-order chi connectivity index (χ1) is 7.11. The maximum atomic E-state index is 10.9. The zero-order valence-corrected chi connectivity index (χ0v) is 9.52. The van der Waals surface area contributed by atoms with E-state index in [9.17, 15) is 10.0 Å². The lowest BCUT2D eigenvalue weighted by Gasteiger charge is -2.23. The van der Waals surface area contributed by atoms with Gasteiger partial charge in [0.2, 0.25) is 0 Å². The average molecular weight is 271 g/mol. The Bertz CT molecular complexity index is 397. The highest BCUT2D eigenvalue weighted by Crippen LogP contribution is 2.38. The Morgan fingerprint density at radius 1 is 1.53 bits per heavy atom. The number of hydrogen-bond donors (Lipinski definition) is 2. The van der Waals surface area contributed by atoms with E-state index in [0.717, 1.165) is 17.5 Å². The summed E-state index contributed by atoms with van der Waals surface area (Å²) in [6, 6.07) is 6.48. The molecule has 0 heterocycles. The lowest BCUT2D eigenvalue weighted by molar-refractivity contribution is -0.0736. The minimum absolute atomic E-state index is 0.00685. The van der Waals surface area contributed by atoms with Crippen LogP contribution in [0.4, 0.5) is 4.79 Å².